The van der Waals surface area contributed by atoms with Crippen LogP contribution in [-0.4, -0.2) is 41.9 Å². The van der Waals surface area contributed by atoms with E-state index in [1.165, 1.54) is 31.5 Å². The van der Waals surface area contributed by atoms with Gasteiger partial charge in [-0.1, -0.05) is 52.3 Å². The first-order valence-electron chi connectivity index (χ1n) is 9.95. The number of carbonyl (C=O) groups excluding carboxylic acids is 1. The largest absolute Gasteiger partial charge is 0.339 e. The van der Waals surface area contributed by atoms with Crippen molar-refractivity contribution in [1.82, 2.24) is 9.80 Å². The van der Waals surface area contributed by atoms with Gasteiger partial charge in [-0.2, -0.15) is 0 Å². The fraction of sp³-hybridized carbons (Fsp3) is 0.435. The second-order valence-corrected chi connectivity index (χ2v) is 8.98. The zero-order valence-corrected chi connectivity index (χ0v) is 17.3. The molecule has 0 unspecified atom stereocenters. The second kappa shape index (κ2) is 8.15. The van der Waals surface area contributed by atoms with Crippen molar-refractivity contribution in [1.29, 1.82) is 0 Å². The van der Waals surface area contributed by atoms with E-state index in [9.17, 15) is 4.79 Å². The quantitative estimate of drug-likeness (QED) is 0.691. The van der Waals surface area contributed by atoms with E-state index in [-0.39, 0.29) is 5.91 Å². The minimum absolute atomic E-state index is 0.174. The van der Waals surface area contributed by atoms with E-state index in [1.807, 2.05) is 29.2 Å². The Morgan fingerprint density at radius 3 is 2.22 bits per heavy atom. The van der Waals surface area contributed by atoms with Crippen LogP contribution < -0.4 is 0 Å². The van der Waals surface area contributed by atoms with Crippen LogP contribution in [0.3, 0.4) is 0 Å². The van der Waals surface area contributed by atoms with Gasteiger partial charge in [0, 0.05) is 29.7 Å². The molecule has 0 atom stereocenters. The van der Waals surface area contributed by atoms with Crippen molar-refractivity contribution >= 4 is 21.8 Å². The van der Waals surface area contributed by atoms with Gasteiger partial charge >= 0.3 is 0 Å². The molecule has 0 aliphatic carbocycles. The first-order chi connectivity index (χ1) is 13.1. The van der Waals surface area contributed by atoms with Crippen LogP contribution in [0.25, 0.3) is 0 Å². The molecule has 2 heterocycles. The highest BCUT2D eigenvalue weighted by Crippen LogP contribution is 2.41. The van der Waals surface area contributed by atoms with Crippen LogP contribution in [0.1, 0.15) is 41.6 Å². The molecule has 2 aromatic rings. The van der Waals surface area contributed by atoms with Gasteiger partial charge in [-0.15, -0.1) is 0 Å². The number of piperidine rings is 2. The average Bonchev–Trinajstić information content (AvgIpc) is 2.71. The lowest BCUT2D eigenvalue weighted by Gasteiger charge is -2.47. The Balaban J connectivity index is 1.30. The second-order valence-electron chi connectivity index (χ2n) is 8.06. The molecular formula is C23H27BrN2O. The molecule has 4 rings (SSSR count). The van der Waals surface area contributed by atoms with E-state index in [1.54, 1.807) is 0 Å². The molecule has 3 nitrogen and oxygen atoms in total. The van der Waals surface area contributed by atoms with E-state index < -0.39 is 0 Å². The number of benzene rings is 2. The number of carbonyl (C=O) groups is 1. The predicted octanol–water partition coefficient (Wildman–Crippen LogP) is 4.97. The number of hydrogen-bond acceptors (Lipinski definition) is 2. The Kier molecular flexibility index (Phi) is 5.65. The van der Waals surface area contributed by atoms with Crippen LogP contribution >= 0.6 is 15.9 Å². The molecule has 2 aliphatic heterocycles. The minimum Gasteiger partial charge on any atom is -0.339 e. The predicted molar refractivity (Wildman–Crippen MR) is 113 cm³/mol. The Morgan fingerprint density at radius 1 is 0.889 bits per heavy atom. The van der Waals surface area contributed by atoms with Crippen molar-refractivity contribution in [2.45, 2.75) is 32.2 Å². The summed E-state index contributed by atoms with van der Waals surface area (Å²) in [5.41, 5.74) is 2.64. The summed E-state index contributed by atoms with van der Waals surface area (Å²) >= 11 is 3.47. The van der Waals surface area contributed by atoms with E-state index in [4.69, 9.17) is 0 Å². The molecular weight excluding hydrogens is 400 g/mol. The first-order valence-corrected chi connectivity index (χ1v) is 10.7. The average molecular weight is 427 g/mol. The van der Waals surface area contributed by atoms with Crippen molar-refractivity contribution in [3.63, 3.8) is 0 Å². The molecule has 0 bridgehead atoms. The molecule has 2 aliphatic rings. The van der Waals surface area contributed by atoms with Crippen molar-refractivity contribution in [3.8, 4) is 0 Å². The Hall–Kier alpha value is -1.65. The Bertz CT molecular complexity index is 774. The minimum atomic E-state index is 0.174. The highest BCUT2D eigenvalue weighted by atomic mass is 79.9. The highest BCUT2D eigenvalue weighted by Gasteiger charge is 2.38. The molecule has 2 aromatic carbocycles. The molecule has 4 heteroatoms. The Labute approximate surface area is 170 Å². The van der Waals surface area contributed by atoms with Gasteiger partial charge in [-0.25, -0.2) is 0 Å². The van der Waals surface area contributed by atoms with E-state index >= 15 is 0 Å². The summed E-state index contributed by atoms with van der Waals surface area (Å²) in [5, 5.41) is 0. The Morgan fingerprint density at radius 2 is 1.56 bits per heavy atom. The van der Waals surface area contributed by atoms with Crippen LogP contribution in [0.2, 0.25) is 0 Å². The summed E-state index contributed by atoms with van der Waals surface area (Å²) in [5.74, 6) is 0.174. The lowest BCUT2D eigenvalue weighted by Crippen LogP contribution is -2.48. The normalized spacial score (nSPS) is 20.0. The van der Waals surface area contributed by atoms with Gasteiger partial charge in [0.05, 0.1) is 0 Å². The molecule has 0 aromatic heterocycles. The van der Waals surface area contributed by atoms with Crippen LogP contribution in [0.5, 0.6) is 0 Å². The summed E-state index contributed by atoms with van der Waals surface area (Å²) in [4.78, 5) is 17.4. The zero-order valence-electron chi connectivity index (χ0n) is 15.7. The summed E-state index contributed by atoms with van der Waals surface area (Å²) in [7, 11) is 0. The number of amides is 1. The van der Waals surface area contributed by atoms with Crippen LogP contribution in [-0.2, 0) is 6.54 Å². The molecule has 0 saturated carbocycles. The summed E-state index contributed by atoms with van der Waals surface area (Å²) < 4.78 is 0.965. The third-order valence-corrected chi connectivity index (χ3v) is 6.84. The zero-order chi connectivity index (χ0) is 18.7. The number of rotatable bonds is 3. The fourth-order valence-corrected chi connectivity index (χ4v) is 4.91. The summed E-state index contributed by atoms with van der Waals surface area (Å²) in [6, 6.07) is 18.5. The fourth-order valence-electron chi connectivity index (χ4n) is 4.52. The van der Waals surface area contributed by atoms with Crippen LogP contribution in [0, 0.1) is 5.41 Å². The van der Waals surface area contributed by atoms with Gasteiger partial charge in [0.25, 0.3) is 5.91 Å². The maximum Gasteiger partial charge on any atom is 0.253 e. The van der Waals surface area contributed by atoms with Crippen LogP contribution in [0.4, 0.5) is 0 Å². The molecule has 2 saturated heterocycles. The third-order valence-electron chi connectivity index (χ3n) is 6.35. The number of nitrogens with zero attached hydrogens (tertiary/aromatic N) is 2. The number of halogens is 1. The molecule has 142 valence electrons. The lowest BCUT2D eigenvalue weighted by atomic mass is 9.71. The van der Waals surface area contributed by atoms with Crippen molar-refractivity contribution in [3.05, 3.63) is 70.2 Å². The molecule has 0 radical (unpaired) electrons. The summed E-state index contributed by atoms with van der Waals surface area (Å²) in [6.45, 7) is 5.20. The standard InChI is InChI=1S/C23H27BrN2O/c24-21-8-4-7-20(17-21)22(27)26-15-11-23(12-16-26)9-13-25(14-10-23)18-19-5-2-1-3-6-19/h1-8,17H,9-16,18H2. The summed E-state index contributed by atoms with van der Waals surface area (Å²) in [6.07, 6.45) is 4.81. The van der Waals surface area contributed by atoms with Gasteiger partial charge in [-0.05, 0) is 68.0 Å². The molecule has 27 heavy (non-hydrogen) atoms. The lowest BCUT2D eigenvalue weighted by molar-refractivity contribution is 0.0285. The van der Waals surface area contributed by atoms with E-state index in [2.05, 4.69) is 51.2 Å². The van der Waals surface area contributed by atoms with Crippen molar-refractivity contribution < 1.29 is 4.79 Å². The smallest absolute Gasteiger partial charge is 0.253 e. The third kappa shape index (κ3) is 4.44. The number of likely N-dealkylation sites (tertiary alicyclic amines) is 2. The van der Waals surface area contributed by atoms with Crippen molar-refractivity contribution in [2.24, 2.45) is 5.41 Å². The monoisotopic (exact) mass is 426 g/mol. The maximum atomic E-state index is 12.8. The van der Waals surface area contributed by atoms with Gasteiger partial charge < -0.3 is 4.90 Å². The van der Waals surface area contributed by atoms with Crippen molar-refractivity contribution in [2.75, 3.05) is 26.2 Å². The topological polar surface area (TPSA) is 23.6 Å². The highest BCUT2D eigenvalue weighted by molar-refractivity contribution is 9.10. The van der Waals surface area contributed by atoms with Gasteiger partial charge in [0.1, 0.15) is 0 Å². The van der Waals surface area contributed by atoms with E-state index in [0.717, 1.165) is 42.5 Å². The van der Waals surface area contributed by atoms with Gasteiger partial charge in [-0.3, -0.25) is 9.69 Å². The maximum absolute atomic E-state index is 12.8. The molecule has 0 N–H and O–H groups in total. The molecule has 2 fully saturated rings. The van der Waals surface area contributed by atoms with E-state index in [0.29, 0.717) is 5.41 Å². The molecule has 1 amide bonds. The van der Waals surface area contributed by atoms with Gasteiger partial charge in [0.15, 0.2) is 0 Å². The van der Waals surface area contributed by atoms with Gasteiger partial charge in [0.2, 0.25) is 0 Å². The number of hydrogen-bond donors (Lipinski definition) is 0. The van der Waals surface area contributed by atoms with Crippen LogP contribution in [0.15, 0.2) is 59.1 Å². The molecule has 1 spiro atoms. The SMILES string of the molecule is O=C(c1cccc(Br)c1)N1CCC2(CCN(Cc3ccccc3)CC2)CC1. The first kappa shape index (κ1) is 18.7.